The lowest BCUT2D eigenvalue weighted by Crippen LogP contribution is -2.45. The molecule has 0 heterocycles. The number of phenols is 8. The van der Waals surface area contributed by atoms with Gasteiger partial charge in [-0.15, -0.1) is 0 Å². The largest absolute Gasteiger partial charge is 0.504 e. The molecule has 0 aliphatic carbocycles. The molecule has 0 fully saturated rings. The molecule has 0 aromatic heterocycles. The van der Waals surface area contributed by atoms with Gasteiger partial charge in [-0.05, 0) is 74.2 Å². The summed E-state index contributed by atoms with van der Waals surface area (Å²) in [4.78, 5) is 107. The molecule has 0 saturated heterocycles. The monoisotopic (exact) mass is 1120 g/mol. The van der Waals surface area contributed by atoms with Crippen LogP contribution in [0.1, 0.15) is 136 Å². The molecule has 26 heteroatoms. The molecule has 0 unspecified atom stereocenters. The Morgan fingerprint density at radius 1 is 0.263 bits per heavy atom. The van der Waals surface area contributed by atoms with Crippen LogP contribution in [0.2, 0.25) is 0 Å². The zero-order chi connectivity index (χ0) is 59.1. The van der Waals surface area contributed by atoms with E-state index in [-0.39, 0.29) is 110 Å². The van der Waals surface area contributed by atoms with Gasteiger partial charge in [0.2, 0.25) is 0 Å². The molecular weight excluding hydrogens is 1040 g/mol. The van der Waals surface area contributed by atoms with E-state index >= 15 is 0 Å². The van der Waals surface area contributed by atoms with Gasteiger partial charge in [-0.3, -0.25) is 48.2 Å². The summed E-state index contributed by atoms with van der Waals surface area (Å²) in [7, 11) is 0. The lowest BCUT2D eigenvalue weighted by Gasteiger charge is -2.28. The minimum absolute atomic E-state index is 0.0608. The summed E-state index contributed by atoms with van der Waals surface area (Å²) in [6.07, 6.45) is 2.42. The minimum Gasteiger partial charge on any atom is -0.504 e. The third-order valence-electron chi connectivity index (χ3n) is 12.3. The first kappa shape index (κ1) is 63.5. The third kappa shape index (κ3) is 17.2. The number of carbonyl (C=O) groups excluding carboxylic acids is 8. The van der Waals surface area contributed by atoms with Crippen molar-refractivity contribution in [2.45, 2.75) is 53.4 Å². The van der Waals surface area contributed by atoms with E-state index < -0.39 is 93.3 Å². The minimum atomic E-state index is -0.831. The van der Waals surface area contributed by atoms with Crippen LogP contribution in [0.3, 0.4) is 0 Å². The van der Waals surface area contributed by atoms with E-state index in [9.17, 15) is 79.2 Å². The molecule has 8 amide bonds. The molecule has 0 atom stereocenters. The van der Waals surface area contributed by atoms with E-state index in [1.807, 2.05) is 27.7 Å². The van der Waals surface area contributed by atoms with Gasteiger partial charge in [0.15, 0.2) is 46.0 Å². The number of nitrogens with zero attached hydrogens (tertiary/aromatic N) is 2. The first-order valence-corrected chi connectivity index (χ1v) is 26.1. The van der Waals surface area contributed by atoms with Crippen molar-refractivity contribution in [3.05, 3.63) is 93.0 Å². The highest BCUT2D eigenvalue weighted by atomic mass is 16.3. The zero-order valence-electron chi connectivity index (χ0n) is 45.1. The van der Waals surface area contributed by atoms with Crippen LogP contribution in [0, 0.1) is 0 Å². The molecule has 16 N–H and O–H groups in total. The van der Waals surface area contributed by atoms with Gasteiger partial charge in [-0.1, -0.05) is 27.7 Å². The van der Waals surface area contributed by atoms with Gasteiger partial charge in [0.05, 0.1) is 44.5 Å². The van der Waals surface area contributed by atoms with Crippen molar-refractivity contribution >= 4 is 47.3 Å². The molecule has 0 aliphatic heterocycles. The van der Waals surface area contributed by atoms with Gasteiger partial charge in [0, 0.05) is 91.6 Å². The second kappa shape index (κ2) is 31.4. The number of phenolic OH excluding ortho intramolecular Hbond substituents is 8. The number of carbonyl (C=O) groups is 8. The maximum Gasteiger partial charge on any atom is 0.255 e. The highest BCUT2D eigenvalue weighted by Crippen LogP contribution is 2.36. The maximum absolute atomic E-state index is 13.4. The Bertz CT molecular complexity index is 2500. The van der Waals surface area contributed by atoms with Gasteiger partial charge in [0.1, 0.15) is 0 Å². The number of aromatic hydroxyl groups is 8. The molecule has 434 valence electrons. The summed E-state index contributed by atoms with van der Waals surface area (Å²) in [5, 5.41) is 106. The van der Waals surface area contributed by atoms with Crippen molar-refractivity contribution in [1.82, 2.24) is 52.3 Å². The molecule has 0 spiro atoms. The Hall–Kier alpha value is -9.04. The van der Waals surface area contributed by atoms with Crippen molar-refractivity contribution in [2.75, 3.05) is 91.6 Å². The normalized spacial score (nSPS) is 10.9. The van der Waals surface area contributed by atoms with E-state index in [2.05, 4.69) is 42.5 Å². The number of rotatable bonds is 31. The van der Waals surface area contributed by atoms with Gasteiger partial charge in [-0.2, -0.15) is 0 Å². The van der Waals surface area contributed by atoms with Crippen LogP contribution >= 0.6 is 0 Å². The van der Waals surface area contributed by atoms with Gasteiger partial charge < -0.3 is 83.4 Å². The van der Waals surface area contributed by atoms with Gasteiger partial charge in [-0.25, -0.2) is 0 Å². The summed E-state index contributed by atoms with van der Waals surface area (Å²) in [6, 6.07) is 9.42. The second-order valence-electron chi connectivity index (χ2n) is 18.2. The highest BCUT2D eigenvalue weighted by Gasteiger charge is 2.26. The SMILES string of the molecule is CCCNC(=O)c1ccc(C(=O)NCCN(CCNC(=O)c2ccc(C(=O)NCCC)c(O)c2O)CCN(CCNC(=O)c2ccc(C(=O)NCCC)c(O)c2O)CCNC(=O)c2ccc(C(=O)NCCC)c(O)c2O)c(O)c1O. The van der Waals surface area contributed by atoms with Crippen molar-refractivity contribution in [1.29, 1.82) is 0 Å². The zero-order valence-corrected chi connectivity index (χ0v) is 45.1. The average molecular weight is 1120 g/mol. The summed E-state index contributed by atoms with van der Waals surface area (Å²) in [5.74, 6) is -12.4. The number of hydrogen-bond acceptors (Lipinski definition) is 18. The standard InChI is InChI=1S/C54H72N10O16/c1-5-17-55-47(73)31-9-13-35(43(69)39(31)65)51(77)59-21-25-63(26-22-60-52(78)36-14-10-32(40(66)44(36)70)48(74)56-18-6-2)29-30-64(27-23-61-53(79)37-15-11-33(41(67)45(37)71)49(75)57-19-7-3)28-24-62-54(80)38-16-12-34(42(68)46(38)72)50(76)58-20-8-4/h9-16,65-72H,5-8,17-30H2,1-4H3,(H,55,73)(H,56,74)(H,57,75)(H,58,76)(H,59,77)(H,60,78)(H,61,79)(H,62,80). The quantitative estimate of drug-likeness (QED) is 0.0318. The average Bonchev–Trinajstić information content (AvgIpc) is 3.45. The summed E-state index contributed by atoms with van der Waals surface area (Å²) in [6.45, 7) is 8.63. The predicted octanol–water partition coefficient (Wildman–Crippen LogP) is 1.51. The topological polar surface area (TPSA) is 401 Å². The van der Waals surface area contributed by atoms with Crippen LogP contribution < -0.4 is 42.5 Å². The van der Waals surface area contributed by atoms with Crippen molar-refractivity contribution < 1.29 is 79.2 Å². The van der Waals surface area contributed by atoms with Crippen LogP contribution in [0.15, 0.2) is 48.5 Å². The summed E-state index contributed by atoms with van der Waals surface area (Å²) in [5.41, 5.74) is -2.35. The molecule has 26 nitrogen and oxygen atoms in total. The van der Waals surface area contributed by atoms with Crippen LogP contribution in [0.25, 0.3) is 0 Å². The number of amides is 8. The van der Waals surface area contributed by atoms with Crippen LogP contribution in [0.5, 0.6) is 46.0 Å². The van der Waals surface area contributed by atoms with Gasteiger partial charge >= 0.3 is 0 Å². The fraction of sp³-hybridized carbons (Fsp3) is 0.407. The fourth-order valence-electron chi connectivity index (χ4n) is 7.76. The lowest BCUT2D eigenvalue weighted by atomic mass is 10.1. The first-order chi connectivity index (χ1) is 38.2. The first-order valence-electron chi connectivity index (χ1n) is 26.1. The number of hydrogen-bond donors (Lipinski definition) is 16. The van der Waals surface area contributed by atoms with Crippen molar-refractivity contribution in [3.8, 4) is 46.0 Å². The fourth-order valence-corrected chi connectivity index (χ4v) is 7.76. The molecule has 0 bridgehead atoms. The molecule has 0 radical (unpaired) electrons. The lowest BCUT2D eigenvalue weighted by molar-refractivity contribution is 0.0917. The van der Waals surface area contributed by atoms with E-state index in [4.69, 9.17) is 0 Å². The maximum atomic E-state index is 13.4. The van der Waals surface area contributed by atoms with Crippen molar-refractivity contribution in [3.63, 3.8) is 0 Å². The highest BCUT2D eigenvalue weighted by molar-refractivity contribution is 6.05. The predicted molar refractivity (Wildman–Crippen MR) is 292 cm³/mol. The molecule has 0 aliphatic rings. The van der Waals surface area contributed by atoms with Gasteiger partial charge in [0.25, 0.3) is 47.3 Å². The summed E-state index contributed by atoms with van der Waals surface area (Å²) < 4.78 is 0. The Morgan fingerprint density at radius 2 is 0.400 bits per heavy atom. The molecular formula is C54H72N10O16. The van der Waals surface area contributed by atoms with E-state index in [0.29, 0.717) is 51.9 Å². The Labute approximate surface area is 461 Å². The van der Waals surface area contributed by atoms with E-state index in [1.54, 1.807) is 9.80 Å². The molecule has 80 heavy (non-hydrogen) atoms. The Morgan fingerprint density at radius 3 is 0.537 bits per heavy atom. The third-order valence-corrected chi connectivity index (χ3v) is 12.3. The summed E-state index contributed by atoms with van der Waals surface area (Å²) >= 11 is 0. The number of benzene rings is 4. The Kier molecular flexibility index (Phi) is 24.9. The number of nitrogens with one attached hydrogen (secondary N) is 8. The van der Waals surface area contributed by atoms with Crippen molar-refractivity contribution in [2.24, 2.45) is 0 Å². The molecule has 0 saturated carbocycles. The van der Waals surface area contributed by atoms with Crippen LogP contribution in [0.4, 0.5) is 0 Å². The second-order valence-corrected chi connectivity index (χ2v) is 18.2. The molecule has 4 rings (SSSR count). The van der Waals surface area contributed by atoms with Crippen LogP contribution in [-0.2, 0) is 0 Å². The van der Waals surface area contributed by atoms with Crippen LogP contribution in [-0.4, -0.2) is 190 Å². The molecule has 4 aromatic carbocycles. The van der Waals surface area contributed by atoms with E-state index in [0.717, 1.165) is 0 Å². The molecule has 4 aromatic rings. The smallest absolute Gasteiger partial charge is 0.255 e. The Balaban J connectivity index is 1.57. The van der Waals surface area contributed by atoms with E-state index in [1.165, 1.54) is 48.5 Å².